The second-order valence-electron chi connectivity index (χ2n) is 8.97. The number of hydrogen-bond donors (Lipinski definition) is 1. The van der Waals surface area contributed by atoms with Crippen LogP contribution < -0.4 is 15.7 Å². The molecule has 34 heavy (non-hydrogen) atoms. The van der Waals surface area contributed by atoms with Gasteiger partial charge in [-0.05, 0) is 74.3 Å². The molecule has 7 nitrogen and oxygen atoms in total. The molecule has 1 amide bonds. The zero-order valence-electron chi connectivity index (χ0n) is 19.5. The first kappa shape index (κ1) is 23.5. The molecule has 1 aromatic heterocycles. The van der Waals surface area contributed by atoms with Crippen LogP contribution in [-0.2, 0) is 16.1 Å². The van der Waals surface area contributed by atoms with Crippen LogP contribution in [-0.4, -0.2) is 18.6 Å². The van der Waals surface area contributed by atoms with Gasteiger partial charge in [0.2, 0.25) is 0 Å². The Bertz CT molecular complexity index is 1230. The lowest BCUT2D eigenvalue weighted by atomic mass is 9.82. The van der Waals surface area contributed by atoms with Crippen LogP contribution in [0.25, 0.3) is 11.0 Å². The third-order valence-corrected chi connectivity index (χ3v) is 6.29. The molecule has 1 N–H and O–H groups in total. The lowest BCUT2D eigenvalue weighted by molar-refractivity contribution is -0.140. The van der Waals surface area contributed by atoms with Crippen molar-refractivity contribution in [2.45, 2.75) is 46.1 Å². The zero-order valence-corrected chi connectivity index (χ0v) is 19.5. The largest absolute Gasteiger partial charge is 0.445 e. The summed E-state index contributed by atoms with van der Waals surface area (Å²) in [7, 11) is 0. The SMILES string of the molecule is Cc1cc(OC(=O)C2CCC(CNC(=O)OCc3ccccc3)CC2)c2c(C)cc(=O)oc2c1. The Morgan fingerprint density at radius 2 is 1.76 bits per heavy atom. The Balaban J connectivity index is 1.27. The van der Waals surface area contributed by atoms with Gasteiger partial charge in [0.1, 0.15) is 17.9 Å². The summed E-state index contributed by atoms with van der Waals surface area (Å²) in [5.41, 5.74) is 2.49. The molecule has 1 fully saturated rings. The van der Waals surface area contributed by atoms with E-state index < -0.39 is 11.7 Å². The fraction of sp³-hybridized carbons (Fsp3) is 0.370. The number of hydrogen-bond acceptors (Lipinski definition) is 6. The van der Waals surface area contributed by atoms with E-state index in [2.05, 4.69) is 5.32 Å². The molecule has 1 heterocycles. The molecule has 2 aromatic carbocycles. The predicted octanol–water partition coefficient (Wildman–Crippen LogP) is 5.05. The highest BCUT2D eigenvalue weighted by Gasteiger charge is 2.28. The molecule has 1 aliphatic carbocycles. The summed E-state index contributed by atoms with van der Waals surface area (Å²) < 4.78 is 16.3. The Hall–Kier alpha value is -3.61. The second kappa shape index (κ2) is 10.5. The van der Waals surface area contributed by atoms with Crippen LogP contribution in [0, 0.1) is 25.7 Å². The van der Waals surface area contributed by atoms with E-state index in [1.54, 1.807) is 19.1 Å². The van der Waals surface area contributed by atoms with E-state index in [1.807, 2.05) is 37.3 Å². The number of fused-ring (bicyclic) bond motifs is 1. The maximum Gasteiger partial charge on any atom is 0.407 e. The Labute approximate surface area is 198 Å². The highest BCUT2D eigenvalue weighted by atomic mass is 16.5. The number of rotatable bonds is 6. The van der Waals surface area contributed by atoms with E-state index in [0.29, 0.717) is 47.6 Å². The predicted molar refractivity (Wildman–Crippen MR) is 128 cm³/mol. The third kappa shape index (κ3) is 5.84. The molecule has 0 atom stereocenters. The van der Waals surface area contributed by atoms with Crippen molar-refractivity contribution in [2.75, 3.05) is 6.54 Å². The fourth-order valence-corrected chi connectivity index (χ4v) is 4.45. The summed E-state index contributed by atoms with van der Waals surface area (Å²) in [6.45, 7) is 4.43. The molecule has 0 saturated heterocycles. The third-order valence-electron chi connectivity index (χ3n) is 6.29. The van der Waals surface area contributed by atoms with Gasteiger partial charge >= 0.3 is 17.7 Å². The number of carbonyl (C=O) groups is 2. The quantitative estimate of drug-likeness (QED) is 0.312. The number of ether oxygens (including phenoxy) is 2. The number of alkyl carbamates (subject to hydrolysis) is 1. The molecule has 7 heteroatoms. The summed E-state index contributed by atoms with van der Waals surface area (Å²) >= 11 is 0. The standard InChI is InChI=1S/C27H29NO6/c1-17-12-22-25(18(2)14-24(29)33-22)23(13-17)34-26(30)21-10-8-19(9-11-21)15-28-27(31)32-16-20-6-4-3-5-7-20/h3-7,12-14,19,21H,8-11,15-16H2,1-2H3,(H,28,31). The van der Waals surface area contributed by atoms with E-state index in [-0.39, 0.29) is 18.5 Å². The average Bonchev–Trinajstić information content (AvgIpc) is 2.81. The molecule has 0 radical (unpaired) electrons. The zero-order chi connectivity index (χ0) is 24.1. The number of esters is 1. The first-order chi connectivity index (χ1) is 16.4. The molecule has 178 valence electrons. The van der Waals surface area contributed by atoms with Gasteiger partial charge in [-0.1, -0.05) is 30.3 Å². The van der Waals surface area contributed by atoms with Gasteiger partial charge in [-0.25, -0.2) is 9.59 Å². The van der Waals surface area contributed by atoms with Gasteiger partial charge < -0.3 is 19.2 Å². The first-order valence-corrected chi connectivity index (χ1v) is 11.6. The molecule has 1 saturated carbocycles. The van der Waals surface area contributed by atoms with E-state index in [4.69, 9.17) is 13.9 Å². The van der Waals surface area contributed by atoms with Crippen molar-refractivity contribution in [1.82, 2.24) is 5.32 Å². The van der Waals surface area contributed by atoms with Crippen LogP contribution in [0.1, 0.15) is 42.4 Å². The van der Waals surface area contributed by atoms with Crippen LogP contribution in [0.4, 0.5) is 4.79 Å². The van der Waals surface area contributed by atoms with Gasteiger partial charge in [0.05, 0.1) is 11.3 Å². The number of amides is 1. The van der Waals surface area contributed by atoms with Crippen molar-refractivity contribution in [2.24, 2.45) is 11.8 Å². The van der Waals surface area contributed by atoms with Crippen molar-refractivity contribution in [3.05, 3.63) is 75.6 Å². The summed E-state index contributed by atoms with van der Waals surface area (Å²) in [6.07, 6.45) is 2.60. The van der Waals surface area contributed by atoms with Crippen LogP contribution in [0.2, 0.25) is 0 Å². The number of nitrogens with one attached hydrogen (secondary N) is 1. The normalized spacial score (nSPS) is 17.8. The highest BCUT2D eigenvalue weighted by molar-refractivity contribution is 5.90. The van der Waals surface area contributed by atoms with Crippen molar-refractivity contribution >= 4 is 23.0 Å². The van der Waals surface area contributed by atoms with Gasteiger partial charge in [-0.15, -0.1) is 0 Å². The minimum Gasteiger partial charge on any atom is -0.445 e. The molecule has 4 rings (SSSR count). The van der Waals surface area contributed by atoms with Gasteiger partial charge in [-0.2, -0.15) is 0 Å². The molecule has 0 spiro atoms. The Kier molecular flexibility index (Phi) is 7.30. The Morgan fingerprint density at radius 1 is 1.03 bits per heavy atom. The van der Waals surface area contributed by atoms with E-state index in [0.717, 1.165) is 24.0 Å². The molecule has 3 aromatic rings. The molecule has 1 aliphatic rings. The monoisotopic (exact) mass is 463 g/mol. The topological polar surface area (TPSA) is 94.8 Å². The minimum atomic E-state index is -0.432. The smallest absolute Gasteiger partial charge is 0.407 e. The van der Waals surface area contributed by atoms with Crippen molar-refractivity contribution < 1.29 is 23.5 Å². The van der Waals surface area contributed by atoms with Gasteiger partial charge in [0.25, 0.3) is 0 Å². The molecular weight excluding hydrogens is 434 g/mol. The number of benzene rings is 2. The average molecular weight is 464 g/mol. The van der Waals surface area contributed by atoms with Crippen molar-refractivity contribution in [3.8, 4) is 5.75 Å². The summed E-state index contributed by atoms with van der Waals surface area (Å²) in [5.74, 6) is 0.245. The van der Waals surface area contributed by atoms with E-state index in [9.17, 15) is 14.4 Å². The number of carbonyl (C=O) groups excluding carboxylic acids is 2. The molecule has 0 bridgehead atoms. The van der Waals surface area contributed by atoms with Crippen LogP contribution in [0.5, 0.6) is 5.75 Å². The summed E-state index contributed by atoms with van der Waals surface area (Å²) in [5, 5.41) is 3.47. The molecule has 0 unspecified atom stereocenters. The van der Waals surface area contributed by atoms with Crippen LogP contribution >= 0.6 is 0 Å². The number of aryl methyl sites for hydroxylation is 2. The maximum absolute atomic E-state index is 12.9. The van der Waals surface area contributed by atoms with Crippen LogP contribution in [0.3, 0.4) is 0 Å². The van der Waals surface area contributed by atoms with Crippen molar-refractivity contribution in [1.29, 1.82) is 0 Å². The second-order valence-corrected chi connectivity index (χ2v) is 8.97. The van der Waals surface area contributed by atoms with Gasteiger partial charge in [0.15, 0.2) is 0 Å². The molecule has 0 aliphatic heterocycles. The lowest BCUT2D eigenvalue weighted by Crippen LogP contribution is -2.33. The van der Waals surface area contributed by atoms with E-state index in [1.165, 1.54) is 6.07 Å². The van der Waals surface area contributed by atoms with E-state index >= 15 is 0 Å². The summed E-state index contributed by atoms with van der Waals surface area (Å²) in [4.78, 5) is 36.6. The Morgan fingerprint density at radius 3 is 2.50 bits per heavy atom. The van der Waals surface area contributed by atoms with Gasteiger partial charge in [0, 0.05) is 12.6 Å². The minimum absolute atomic E-state index is 0.201. The van der Waals surface area contributed by atoms with Crippen molar-refractivity contribution in [3.63, 3.8) is 0 Å². The van der Waals surface area contributed by atoms with Gasteiger partial charge in [-0.3, -0.25) is 4.79 Å². The van der Waals surface area contributed by atoms with Crippen LogP contribution in [0.15, 0.2) is 57.7 Å². The summed E-state index contributed by atoms with van der Waals surface area (Å²) in [6, 6.07) is 14.5. The highest BCUT2D eigenvalue weighted by Crippen LogP contribution is 2.33. The lowest BCUT2D eigenvalue weighted by Gasteiger charge is -2.27. The first-order valence-electron chi connectivity index (χ1n) is 11.6. The fourth-order valence-electron chi connectivity index (χ4n) is 4.45. The molecular formula is C27H29NO6. The maximum atomic E-state index is 12.9.